The fourth-order valence-corrected chi connectivity index (χ4v) is 17.2. The van der Waals surface area contributed by atoms with E-state index in [1.54, 1.807) is 109 Å². The molecule has 0 bridgehead atoms. The number of H-pyrrole nitrogens is 5. The maximum absolute atomic E-state index is 12.5. The van der Waals surface area contributed by atoms with Crippen molar-refractivity contribution in [3.8, 4) is 0 Å². The third-order valence-electron chi connectivity index (χ3n) is 23.0. The van der Waals surface area contributed by atoms with Crippen molar-refractivity contribution in [1.29, 1.82) is 0 Å². The number of aliphatic hydroxyl groups is 7. The molecule has 16 rings (SSSR count). The van der Waals surface area contributed by atoms with Crippen molar-refractivity contribution in [2.24, 2.45) is 5.73 Å². The largest absolute Gasteiger partial charge is 1.00 e. The van der Waals surface area contributed by atoms with Crippen LogP contribution in [-0.2, 0) is 110 Å². The number of hydrogen-bond acceptors (Lipinski definition) is 39. The van der Waals surface area contributed by atoms with Crippen LogP contribution in [0.5, 0.6) is 0 Å². The zero-order chi connectivity index (χ0) is 107. The topological polar surface area (TPSA) is 664 Å². The highest BCUT2D eigenvalue weighted by Gasteiger charge is 2.61. The van der Waals surface area contributed by atoms with E-state index in [1.807, 2.05) is 9.91 Å². The molecule has 812 valence electrons. The van der Waals surface area contributed by atoms with Gasteiger partial charge in [0.2, 0.25) is 0 Å². The summed E-state index contributed by atoms with van der Waals surface area (Å²) in [6, 6.07) is 2.32. The van der Waals surface area contributed by atoms with E-state index in [2.05, 4.69) is 59.8 Å². The van der Waals surface area contributed by atoms with Gasteiger partial charge in [-0.2, -0.15) is 26.3 Å². The maximum atomic E-state index is 12.5. The number of aromatic nitrogens is 10. The first-order valence-electron chi connectivity index (χ1n) is 45.2. The van der Waals surface area contributed by atoms with Gasteiger partial charge in [-0.3, -0.25) is 95.8 Å². The summed E-state index contributed by atoms with van der Waals surface area (Å²) in [5.74, 6) is -11.0. The number of carbonyl (C=O) groups excluding carboxylic acids is 4. The number of quaternary nitrogens is 1. The van der Waals surface area contributed by atoms with Crippen LogP contribution in [0.15, 0.2) is 91.1 Å². The molecule has 15 N–H and O–H groups in total. The van der Waals surface area contributed by atoms with Crippen LogP contribution in [0, 0.1) is 0 Å². The number of carbonyl (C=O) groups is 4. The Balaban J connectivity index is 0.000000210. The Hall–Kier alpha value is -8.24. The summed E-state index contributed by atoms with van der Waals surface area (Å²) in [5.41, 5.74) is -0.236. The summed E-state index contributed by atoms with van der Waals surface area (Å²) in [7, 11) is 2.13. The van der Waals surface area contributed by atoms with Crippen LogP contribution in [0.2, 0.25) is 0 Å². The molecule has 0 radical (unpaired) electrons. The van der Waals surface area contributed by atoms with Crippen LogP contribution in [0.3, 0.4) is 0 Å². The molecular formula is C86H126F6I2N14O36. The molecule has 11 saturated heterocycles. The van der Waals surface area contributed by atoms with Crippen LogP contribution in [0.4, 0.5) is 26.3 Å². The van der Waals surface area contributed by atoms with Crippen LogP contribution < -0.4 is 91.3 Å². The number of aliphatic hydroxyl groups excluding tert-OH is 7. The highest BCUT2D eigenvalue weighted by Crippen LogP contribution is 2.47. The van der Waals surface area contributed by atoms with E-state index in [-0.39, 0.29) is 92.7 Å². The van der Waals surface area contributed by atoms with E-state index in [1.165, 1.54) is 36.7 Å². The first-order valence-corrected chi connectivity index (χ1v) is 47.4. The second kappa shape index (κ2) is 49.5. The number of hydrogen-bond donors (Lipinski definition) is 14. The number of alkyl halides is 7. The smallest absolute Gasteiger partial charge is 0.458 e. The van der Waals surface area contributed by atoms with Crippen molar-refractivity contribution in [3.05, 3.63) is 164 Å². The molecule has 5 aromatic heterocycles. The van der Waals surface area contributed by atoms with Gasteiger partial charge in [0.05, 0.1) is 71.8 Å². The molecule has 0 spiro atoms. The average molecular weight is 2300 g/mol. The zero-order valence-electron chi connectivity index (χ0n) is 81.5. The Kier molecular flexibility index (Phi) is 41.6. The van der Waals surface area contributed by atoms with E-state index >= 15 is 0 Å². The number of rotatable bonds is 20. The molecule has 11 aliphatic heterocycles. The molecule has 0 aromatic carbocycles. The van der Waals surface area contributed by atoms with Gasteiger partial charge < -0.3 is 146 Å². The molecule has 5 aromatic rings. The van der Waals surface area contributed by atoms with Crippen molar-refractivity contribution < 1.29 is 181 Å². The van der Waals surface area contributed by atoms with E-state index < -0.39 is 239 Å². The number of ether oxygens (including phenoxy) is 15. The van der Waals surface area contributed by atoms with Crippen LogP contribution >= 0.6 is 22.6 Å². The fraction of sp³-hybridized carbons (Fsp3) is 0.721. The lowest BCUT2D eigenvalue weighted by atomic mass is 10.1. The number of Topliss-reactive ketones (excluding diaryl/α,β-unsaturated/α-hetero) is 2. The Bertz CT molecular complexity index is 5810. The summed E-state index contributed by atoms with van der Waals surface area (Å²) in [6.45, 7) is 28.2. The van der Waals surface area contributed by atoms with Crippen molar-refractivity contribution in [3.63, 3.8) is 0 Å². The number of nitrogens with one attached hydrogen (secondary N) is 6. The SMILES string of the molecule is CC(C)(C)OC(=O)CN.CC(C)(C)OC(=O)CNCc1cn([C@@H]2O[C@H](CO)[C@@H]3OC(C)(C)OC32)c(=O)[nH]c1=O.CC1(C)OC2[C@@H](O1)[C@@H](CO)O[C@H]2n1cc(CN2CCCC2)c(=O)[nH]c1=O.CC1(C)OC2[C@@H](O1)[C@@H](CO)O[C@H]2n1cc(C[N+]2(C)CCCC2)c(=O)[nH]c1=O.CC1(C)OC2[C@@H](O1)[C@@H](CO)O[C@H]2n1ccc(=O)[nH]c1=O.CI.O=C(C(=O)C(F)(F)F)C(F)(F)F.O=c1ccn([C@@H]2O[C@H](CO)[C@H](O)C2O)c(=O)[nH]1.[I-]. The van der Waals surface area contributed by atoms with Gasteiger partial charge in [0.1, 0.15) is 109 Å². The summed E-state index contributed by atoms with van der Waals surface area (Å²) < 4.78 is 159. The van der Waals surface area contributed by atoms with Gasteiger partial charge in [0, 0.05) is 80.2 Å². The lowest BCUT2D eigenvalue weighted by molar-refractivity contribution is -0.911. The molecule has 20 atom stereocenters. The molecule has 5 unspecified atom stereocenters. The van der Waals surface area contributed by atoms with Crippen LogP contribution in [0.25, 0.3) is 0 Å². The first kappa shape index (κ1) is 121. The third kappa shape index (κ3) is 31.2. The standard InChI is InChI=1S/C19H29N3O8.C18H27N3O6.C17H25N3O6.C12H16N2O6.C9H12N2O6.C6H13NO2.C4F6O2.CH3I.HI/c1-18(2,3)28-12(24)7-20-6-10-8-22(17(26)21-15(10)25)16-14-13(11(9-23)27-16)29-19(4,5)30-14;1-18(2)26-13-12(10-22)25-16(14(13)27-18)20-8-11(15(23)19-17(20)24)9-21(3)6-4-5-7-21;1-17(2)25-12-11(9-21)24-15(13(12)26-17)20-8-10(14(22)18-16(20)23)7-19-5-3-4-6-19;1-12(2)19-8-6(5-15)18-10(9(8)20-12)14-4-3-7(16)13-11(14)17;12-3-4-6(14)7(15)8(17-4)11-2-1-5(13)10-9(11)16;1-6(2,3)9-5(8)4-7;5-3(6,7)1(11)2(12)4(8,9)10;1-2;/h8,11,13-14,16,20,23H,6-7,9H2,1-5H3,(H,21,25,26);8,12-14,16,22H,4-7,9-10H2,1-3H3;8,11-13,15,21H,3-7,9H2,1-2H3,(H,18,22,23);3-4,6,8-10,15H,5H2,1-2H3,(H,13,16,17);1-2,4,6-8,12,14-15H,3H2,(H,10,13,16);4,7H2,1-3H3;;1H3;1H/t11-,13+,14?,16-;12-,13+,14?,16-;11-,12+,13?,15-;6-,8+,9?,10-;4-,6+,7?,8-;;;;/m11111..../s1. The first-order chi connectivity index (χ1) is 66.5. The Labute approximate surface area is 846 Å². The molecule has 0 saturated carbocycles. The number of halogens is 8. The zero-order valence-corrected chi connectivity index (χ0v) is 85.8. The van der Waals surface area contributed by atoms with Crippen molar-refractivity contribution in [2.75, 3.05) is 84.3 Å². The second-order valence-electron chi connectivity index (χ2n) is 38.5. The van der Waals surface area contributed by atoms with Gasteiger partial charge in [-0.05, 0) is 128 Å². The van der Waals surface area contributed by atoms with E-state index in [0.717, 1.165) is 73.2 Å². The Morgan fingerprint density at radius 2 is 0.743 bits per heavy atom. The highest BCUT2D eigenvalue weighted by molar-refractivity contribution is 14.1. The molecule has 0 amide bonds. The molecule has 50 nitrogen and oxygen atoms in total. The van der Waals surface area contributed by atoms with Gasteiger partial charge in [-0.15, -0.1) is 0 Å². The number of aromatic amines is 5. The number of fused-ring (bicyclic) bond motifs is 4. The lowest BCUT2D eigenvalue weighted by Gasteiger charge is -2.29. The highest BCUT2D eigenvalue weighted by atomic mass is 127. The third-order valence-corrected chi connectivity index (χ3v) is 23.0. The Morgan fingerprint density at radius 3 is 1.06 bits per heavy atom. The van der Waals surface area contributed by atoms with Crippen molar-refractivity contribution >= 4 is 46.1 Å². The quantitative estimate of drug-likeness (QED) is 0.00862. The van der Waals surface area contributed by atoms with E-state index in [0.29, 0.717) is 24.2 Å². The van der Waals surface area contributed by atoms with E-state index in [9.17, 15) is 124 Å². The number of likely N-dealkylation sites (tertiary alicyclic amines) is 2. The van der Waals surface area contributed by atoms with E-state index in [4.69, 9.17) is 81.9 Å². The molecule has 0 aliphatic carbocycles. The predicted molar refractivity (Wildman–Crippen MR) is 487 cm³/mol. The minimum Gasteiger partial charge on any atom is -1.00 e. The van der Waals surface area contributed by atoms with Crippen molar-refractivity contribution in [1.82, 2.24) is 58.0 Å². The summed E-state index contributed by atoms with van der Waals surface area (Å²) >= 11 is 2.15. The molecular weight excluding hydrogens is 2170 g/mol. The molecule has 11 fully saturated rings. The normalized spacial score (nSPS) is 28.8. The van der Waals surface area contributed by atoms with Gasteiger partial charge >= 0.3 is 64.3 Å². The molecule has 16 heterocycles. The number of esters is 2. The molecule has 144 heavy (non-hydrogen) atoms. The second-order valence-corrected chi connectivity index (χ2v) is 38.5. The number of ketones is 2. The summed E-state index contributed by atoms with van der Waals surface area (Å²) in [5, 5.41) is 69.1. The maximum Gasteiger partial charge on any atom is 0.458 e. The minimum absolute atomic E-state index is 0. The fourth-order valence-electron chi connectivity index (χ4n) is 17.2. The molecule has 58 heteroatoms. The number of nitrogens with two attached hydrogens (primary N) is 1. The number of nitrogens with zero attached hydrogens (tertiary/aromatic N) is 7. The molecule has 11 aliphatic rings. The van der Waals surface area contributed by atoms with Crippen LogP contribution in [0.1, 0.15) is 170 Å². The van der Waals surface area contributed by atoms with Gasteiger partial charge in [0.25, 0.3) is 27.8 Å². The summed E-state index contributed by atoms with van der Waals surface area (Å²) in [6.07, 6.45) is -14.5. The monoisotopic (exact) mass is 2300 g/mol. The van der Waals surface area contributed by atoms with Gasteiger partial charge in [-0.1, -0.05) is 22.6 Å². The van der Waals surface area contributed by atoms with Crippen molar-refractivity contribution in [2.45, 2.75) is 312 Å². The minimum atomic E-state index is -5.77. The lowest BCUT2D eigenvalue weighted by Crippen LogP contribution is -3.00. The predicted octanol–water partition coefficient (Wildman–Crippen LogP) is -5.71. The summed E-state index contributed by atoms with van der Waals surface area (Å²) in [4.78, 5) is 176. The average Bonchev–Trinajstić information content (AvgIpc) is 1.56. The Morgan fingerprint density at radius 1 is 0.444 bits per heavy atom. The van der Waals surface area contributed by atoms with Gasteiger partial charge in [0.15, 0.2) is 54.3 Å². The van der Waals surface area contributed by atoms with Gasteiger partial charge in [-0.25, -0.2) is 24.0 Å². The van der Waals surface area contributed by atoms with Crippen LogP contribution in [-0.4, -0.2) is 339 Å².